The maximum atomic E-state index is 2.74. The zero-order valence-electron chi connectivity index (χ0n) is 24.6. The van der Waals surface area contributed by atoms with Crippen LogP contribution in [0.25, 0.3) is 43.4 Å². The van der Waals surface area contributed by atoms with Crippen molar-refractivity contribution in [2.75, 3.05) is 4.67 Å². The SMILES string of the molecule is C[C@@H](c1ccccc1)N([C@@H](C)c1ccccc1)p1n(C)c2ccc3ccccc3c2c2c3ccccc3ccc2n1C. The van der Waals surface area contributed by atoms with Crippen molar-refractivity contribution in [3.8, 4) is 0 Å². The van der Waals surface area contributed by atoms with Gasteiger partial charge in [-0.15, -0.1) is 0 Å². The van der Waals surface area contributed by atoms with Gasteiger partial charge in [-0.3, -0.25) is 0 Å². The van der Waals surface area contributed by atoms with E-state index in [0.29, 0.717) is 0 Å². The molecule has 0 spiro atoms. The predicted molar refractivity (Wildman–Crippen MR) is 183 cm³/mol. The minimum Gasteiger partial charge on any atom is -0.309 e. The van der Waals surface area contributed by atoms with Gasteiger partial charge >= 0.3 is 0 Å². The molecule has 7 aromatic rings. The van der Waals surface area contributed by atoms with E-state index in [4.69, 9.17) is 0 Å². The van der Waals surface area contributed by atoms with Crippen molar-refractivity contribution in [1.29, 1.82) is 0 Å². The van der Waals surface area contributed by atoms with Crippen LogP contribution in [-0.4, -0.2) is 8.66 Å². The van der Waals surface area contributed by atoms with E-state index in [-0.39, 0.29) is 12.1 Å². The van der Waals surface area contributed by atoms with Gasteiger partial charge in [-0.1, -0.05) is 121 Å². The first kappa shape index (κ1) is 26.6. The van der Waals surface area contributed by atoms with Gasteiger partial charge in [0.25, 0.3) is 0 Å². The van der Waals surface area contributed by atoms with E-state index in [9.17, 15) is 0 Å². The van der Waals surface area contributed by atoms with Crippen molar-refractivity contribution in [2.24, 2.45) is 14.1 Å². The first-order valence-corrected chi connectivity index (χ1v) is 15.9. The number of aromatic nitrogens is 2. The summed E-state index contributed by atoms with van der Waals surface area (Å²) in [6, 6.07) is 49.3. The highest BCUT2D eigenvalue weighted by Gasteiger charge is 2.28. The molecular weight excluding hydrogens is 529 g/mol. The number of nitrogens with zero attached hydrogens (tertiary/aromatic N) is 3. The Hall–Kier alpha value is -4.30. The molecule has 0 saturated carbocycles. The molecular formula is C38H36N3P. The summed E-state index contributed by atoms with van der Waals surface area (Å²) in [5, 5.41) is 7.76. The Kier molecular flexibility index (Phi) is 6.86. The first-order valence-electron chi connectivity index (χ1n) is 14.7. The van der Waals surface area contributed by atoms with E-state index in [2.05, 4.69) is 175 Å². The molecule has 208 valence electrons. The molecule has 2 atom stereocenters. The minimum absolute atomic E-state index is 0.184. The van der Waals surface area contributed by atoms with Gasteiger partial charge in [-0.2, -0.15) is 0 Å². The number of aryl methyl sites for hydroxylation is 2. The van der Waals surface area contributed by atoms with Gasteiger partial charge in [-0.05, 0) is 58.7 Å². The lowest BCUT2D eigenvalue weighted by Gasteiger charge is -2.37. The molecule has 0 bridgehead atoms. The van der Waals surface area contributed by atoms with Crippen LogP contribution in [0.2, 0.25) is 0 Å². The van der Waals surface area contributed by atoms with Crippen LogP contribution in [0.5, 0.6) is 0 Å². The molecule has 0 saturated heterocycles. The van der Waals surface area contributed by atoms with Gasteiger partial charge in [0, 0.05) is 37.0 Å². The number of hydrogen-bond acceptors (Lipinski definition) is 1. The van der Waals surface area contributed by atoms with Crippen molar-refractivity contribution in [2.45, 2.75) is 25.9 Å². The smallest absolute Gasteiger partial charge is 0.107 e. The fourth-order valence-electron chi connectivity index (χ4n) is 6.70. The molecule has 7 rings (SSSR count). The number of fused-ring (bicyclic) bond motifs is 7. The minimum atomic E-state index is -0.994. The molecule has 0 aliphatic heterocycles. The van der Waals surface area contributed by atoms with E-state index in [1.54, 1.807) is 0 Å². The maximum Gasteiger partial charge on any atom is 0.107 e. The summed E-state index contributed by atoms with van der Waals surface area (Å²) >= 11 is 0. The standard InChI is InChI=1S/C38H36N3P/c1-27(29-15-7-5-8-16-29)41(28(2)30-17-9-6-10-18-30)42-39(3)35-25-23-31-19-11-13-21-33(31)37(35)38-34-22-14-12-20-32(34)24-26-36(38)40(42)4/h5-28H,1-4H3/t27-,28-/m0/s1. The van der Waals surface area contributed by atoms with Crippen molar-refractivity contribution in [1.82, 2.24) is 8.66 Å². The molecule has 0 fully saturated rings. The monoisotopic (exact) mass is 565 g/mol. The summed E-state index contributed by atoms with van der Waals surface area (Å²) in [7, 11) is 3.60. The molecule has 0 radical (unpaired) electrons. The molecule has 0 amide bonds. The van der Waals surface area contributed by atoms with Crippen LogP contribution in [0, 0.1) is 0 Å². The molecule has 1 aromatic heterocycles. The Morgan fingerprint density at radius 3 is 1.29 bits per heavy atom. The second-order valence-electron chi connectivity index (χ2n) is 11.2. The van der Waals surface area contributed by atoms with Gasteiger partial charge in [0.2, 0.25) is 0 Å². The van der Waals surface area contributed by atoms with E-state index >= 15 is 0 Å². The normalized spacial score (nSPS) is 13.3. The number of rotatable bonds is 5. The van der Waals surface area contributed by atoms with Crippen molar-refractivity contribution < 1.29 is 0 Å². The van der Waals surface area contributed by atoms with Crippen molar-refractivity contribution >= 4 is 51.4 Å². The summed E-state index contributed by atoms with van der Waals surface area (Å²) in [6.07, 6.45) is 0. The first-order chi connectivity index (χ1) is 20.5. The van der Waals surface area contributed by atoms with Gasteiger partial charge < -0.3 is 8.66 Å². The Bertz CT molecular complexity index is 1950. The predicted octanol–water partition coefficient (Wildman–Crippen LogP) is 10.5. The summed E-state index contributed by atoms with van der Waals surface area (Å²) < 4.78 is 7.86. The zero-order chi connectivity index (χ0) is 28.8. The molecule has 4 heteroatoms. The van der Waals surface area contributed by atoms with Crippen LogP contribution in [-0.2, 0) is 14.1 Å². The molecule has 6 aromatic carbocycles. The van der Waals surface area contributed by atoms with Gasteiger partial charge in [0.05, 0.1) is 11.0 Å². The third-order valence-electron chi connectivity index (χ3n) is 8.86. The van der Waals surface area contributed by atoms with E-state index in [1.807, 2.05) is 0 Å². The van der Waals surface area contributed by atoms with Crippen LogP contribution in [0.15, 0.2) is 133 Å². The fourth-order valence-corrected chi connectivity index (χ4v) is 9.33. The Morgan fingerprint density at radius 1 is 0.476 bits per heavy atom. The molecule has 1 heterocycles. The number of hydrogen-bond donors (Lipinski definition) is 0. The largest absolute Gasteiger partial charge is 0.309 e. The maximum absolute atomic E-state index is 2.74. The summed E-state index contributed by atoms with van der Waals surface area (Å²) in [4.78, 5) is 0. The molecule has 0 aliphatic rings. The number of benzene rings is 6. The average molecular weight is 566 g/mol. The van der Waals surface area contributed by atoms with Crippen LogP contribution < -0.4 is 4.67 Å². The Morgan fingerprint density at radius 2 is 0.857 bits per heavy atom. The third kappa shape index (κ3) is 4.32. The van der Waals surface area contributed by atoms with E-state index < -0.39 is 8.00 Å². The summed E-state index contributed by atoms with van der Waals surface area (Å²) in [5.41, 5.74) is 5.19. The van der Waals surface area contributed by atoms with Gasteiger partial charge in [-0.25, -0.2) is 4.67 Å². The van der Waals surface area contributed by atoms with Crippen molar-refractivity contribution in [3.05, 3.63) is 145 Å². The molecule has 0 aliphatic carbocycles. The van der Waals surface area contributed by atoms with Crippen LogP contribution >= 0.6 is 8.00 Å². The quantitative estimate of drug-likeness (QED) is 0.202. The van der Waals surface area contributed by atoms with Gasteiger partial charge in [0.1, 0.15) is 8.00 Å². The van der Waals surface area contributed by atoms with E-state index in [0.717, 1.165) is 0 Å². The van der Waals surface area contributed by atoms with E-state index in [1.165, 1.54) is 54.5 Å². The Labute approximate surface area is 248 Å². The average Bonchev–Trinajstić information content (AvgIpc) is 3.14. The highest BCUT2D eigenvalue weighted by molar-refractivity contribution is 7.44. The second kappa shape index (κ2) is 10.8. The molecule has 0 unspecified atom stereocenters. The summed E-state index contributed by atoms with van der Waals surface area (Å²) in [5.74, 6) is 0. The summed E-state index contributed by atoms with van der Waals surface area (Å²) in [6.45, 7) is 4.73. The van der Waals surface area contributed by atoms with Crippen LogP contribution in [0.3, 0.4) is 0 Å². The third-order valence-corrected chi connectivity index (χ3v) is 11.5. The molecule has 42 heavy (non-hydrogen) atoms. The lowest BCUT2D eigenvalue weighted by Crippen LogP contribution is -2.30. The highest BCUT2D eigenvalue weighted by Crippen LogP contribution is 2.46. The fraction of sp³-hybridized carbons (Fsp3) is 0.158. The highest BCUT2D eigenvalue weighted by atomic mass is 31.1. The van der Waals surface area contributed by atoms with Crippen LogP contribution in [0.4, 0.5) is 0 Å². The lowest BCUT2D eigenvalue weighted by molar-refractivity contribution is 0.619. The Balaban J connectivity index is 1.67. The molecule has 3 nitrogen and oxygen atoms in total. The van der Waals surface area contributed by atoms with Crippen molar-refractivity contribution in [3.63, 3.8) is 0 Å². The second-order valence-corrected chi connectivity index (χ2v) is 13.4. The zero-order valence-corrected chi connectivity index (χ0v) is 25.5. The lowest BCUT2D eigenvalue weighted by atomic mass is 9.98. The molecule has 0 N–H and O–H groups in total. The van der Waals surface area contributed by atoms with Gasteiger partial charge in [0.15, 0.2) is 0 Å². The topological polar surface area (TPSA) is 13.1 Å². The van der Waals surface area contributed by atoms with Crippen LogP contribution in [0.1, 0.15) is 37.1 Å².